The maximum atomic E-state index is 5.94. The highest BCUT2D eigenvalue weighted by atomic mass is 35.5. The minimum Gasteiger partial charge on any atom is -0.380 e. The van der Waals surface area contributed by atoms with E-state index in [9.17, 15) is 0 Å². The number of hydrogen-bond acceptors (Lipinski definition) is 2. The maximum absolute atomic E-state index is 5.94. The molecule has 0 aliphatic heterocycles. The van der Waals surface area contributed by atoms with Gasteiger partial charge in [0.25, 0.3) is 0 Å². The molecule has 0 bridgehead atoms. The summed E-state index contributed by atoms with van der Waals surface area (Å²) >= 11 is 5.94. The first-order valence-electron chi connectivity index (χ1n) is 6.82. The summed E-state index contributed by atoms with van der Waals surface area (Å²) in [5.41, 5.74) is 3.53. The summed E-state index contributed by atoms with van der Waals surface area (Å²) in [4.78, 5) is 0. The Morgan fingerprint density at radius 2 is 1.90 bits per heavy atom. The molecular weight excluding hydrogens is 270 g/mol. The van der Waals surface area contributed by atoms with Crippen LogP contribution in [0.2, 0.25) is 5.02 Å². The van der Waals surface area contributed by atoms with Crippen LogP contribution in [0, 0.1) is 0 Å². The molecule has 1 atom stereocenters. The van der Waals surface area contributed by atoms with Gasteiger partial charge in [-0.05, 0) is 41.8 Å². The van der Waals surface area contributed by atoms with Crippen LogP contribution in [0.1, 0.15) is 30.5 Å². The van der Waals surface area contributed by atoms with Crippen molar-refractivity contribution in [3.05, 3.63) is 64.7 Å². The highest BCUT2D eigenvalue weighted by molar-refractivity contribution is 6.30. The lowest BCUT2D eigenvalue weighted by atomic mass is 10.0. The van der Waals surface area contributed by atoms with Crippen molar-refractivity contribution in [2.24, 2.45) is 0 Å². The van der Waals surface area contributed by atoms with Crippen LogP contribution in [0.25, 0.3) is 0 Å². The average Bonchev–Trinajstić information content (AvgIpc) is 2.47. The third-order valence-electron chi connectivity index (χ3n) is 3.26. The quantitative estimate of drug-likeness (QED) is 0.803. The van der Waals surface area contributed by atoms with Gasteiger partial charge in [0.2, 0.25) is 0 Å². The number of nitrogens with one attached hydrogen (secondary N) is 1. The summed E-state index contributed by atoms with van der Waals surface area (Å²) in [7, 11) is 1.71. The van der Waals surface area contributed by atoms with Crippen LogP contribution in [0.4, 0.5) is 5.69 Å². The summed E-state index contributed by atoms with van der Waals surface area (Å²) < 4.78 is 5.17. The molecule has 20 heavy (non-hydrogen) atoms. The second-order valence-corrected chi connectivity index (χ2v) is 5.23. The van der Waals surface area contributed by atoms with Gasteiger partial charge in [0, 0.05) is 17.8 Å². The molecule has 2 aromatic carbocycles. The van der Waals surface area contributed by atoms with Crippen molar-refractivity contribution in [3.8, 4) is 0 Å². The topological polar surface area (TPSA) is 21.3 Å². The molecule has 0 amide bonds. The lowest BCUT2D eigenvalue weighted by molar-refractivity contribution is 0.185. The molecule has 0 aliphatic carbocycles. The first-order valence-corrected chi connectivity index (χ1v) is 7.20. The summed E-state index contributed by atoms with van der Waals surface area (Å²) in [5.74, 6) is 0. The van der Waals surface area contributed by atoms with Crippen molar-refractivity contribution < 1.29 is 4.74 Å². The Morgan fingerprint density at radius 1 is 1.15 bits per heavy atom. The number of rotatable bonds is 6. The van der Waals surface area contributed by atoms with E-state index in [1.54, 1.807) is 7.11 Å². The molecule has 0 aliphatic rings. The van der Waals surface area contributed by atoms with Crippen molar-refractivity contribution >= 4 is 17.3 Å². The fourth-order valence-electron chi connectivity index (χ4n) is 2.23. The molecule has 0 radical (unpaired) electrons. The molecule has 0 heterocycles. The van der Waals surface area contributed by atoms with Gasteiger partial charge in [-0.25, -0.2) is 0 Å². The van der Waals surface area contributed by atoms with Crippen LogP contribution < -0.4 is 5.32 Å². The SMILES string of the molecule is CCC(Nc1cccc(COC)c1)c1ccc(Cl)cc1. The molecule has 2 rings (SSSR count). The maximum Gasteiger partial charge on any atom is 0.0713 e. The predicted octanol–water partition coefficient (Wildman–Crippen LogP) is 5.05. The van der Waals surface area contributed by atoms with Gasteiger partial charge in [-0.3, -0.25) is 0 Å². The molecule has 3 heteroatoms. The van der Waals surface area contributed by atoms with Gasteiger partial charge >= 0.3 is 0 Å². The Hall–Kier alpha value is -1.51. The number of anilines is 1. The van der Waals surface area contributed by atoms with E-state index in [1.165, 1.54) is 11.1 Å². The second-order valence-electron chi connectivity index (χ2n) is 4.79. The van der Waals surface area contributed by atoms with Gasteiger partial charge in [0.1, 0.15) is 0 Å². The van der Waals surface area contributed by atoms with E-state index < -0.39 is 0 Å². The molecule has 0 saturated carbocycles. The molecular formula is C17H20ClNO. The normalized spacial score (nSPS) is 12.2. The molecule has 1 N–H and O–H groups in total. The fraction of sp³-hybridized carbons (Fsp3) is 0.294. The van der Waals surface area contributed by atoms with Gasteiger partial charge in [-0.2, -0.15) is 0 Å². The van der Waals surface area contributed by atoms with Gasteiger partial charge in [0.15, 0.2) is 0 Å². The minimum atomic E-state index is 0.282. The lowest BCUT2D eigenvalue weighted by Gasteiger charge is -2.19. The number of hydrogen-bond donors (Lipinski definition) is 1. The molecule has 0 saturated heterocycles. The standard InChI is InChI=1S/C17H20ClNO/c1-3-17(14-7-9-15(18)10-8-14)19-16-6-4-5-13(11-16)12-20-2/h4-11,17,19H,3,12H2,1-2H3. The monoisotopic (exact) mass is 289 g/mol. The lowest BCUT2D eigenvalue weighted by Crippen LogP contribution is -2.09. The number of methoxy groups -OCH3 is 1. The Labute approximate surface area is 125 Å². The molecule has 1 unspecified atom stereocenters. The largest absolute Gasteiger partial charge is 0.380 e. The number of ether oxygens (including phenoxy) is 1. The van der Waals surface area contributed by atoms with Crippen molar-refractivity contribution in [1.29, 1.82) is 0 Å². The van der Waals surface area contributed by atoms with Gasteiger partial charge in [0.05, 0.1) is 12.6 Å². The Kier molecular flexibility index (Phi) is 5.45. The van der Waals surface area contributed by atoms with Crippen LogP contribution in [-0.4, -0.2) is 7.11 Å². The molecule has 2 nitrogen and oxygen atoms in total. The highest BCUT2D eigenvalue weighted by Crippen LogP contribution is 2.24. The van der Waals surface area contributed by atoms with Gasteiger partial charge in [-0.15, -0.1) is 0 Å². The average molecular weight is 290 g/mol. The zero-order chi connectivity index (χ0) is 14.4. The van der Waals surface area contributed by atoms with E-state index in [0.717, 1.165) is 17.1 Å². The van der Waals surface area contributed by atoms with Crippen molar-refractivity contribution in [2.45, 2.75) is 26.0 Å². The van der Waals surface area contributed by atoms with Crippen LogP contribution in [0.5, 0.6) is 0 Å². The second kappa shape index (κ2) is 7.32. The Bertz CT molecular complexity index is 539. The zero-order valence-corrected chi connectivity index (χ0v) is 12.7. The Morgan fingerprint density at radius 3 is 2.55 bits per heavy atom. The first kappa shape index (κ1) is 14.9. The summed E-state index contributed by atoms with van der Waals surface area (Å²) in [5, 5.41) is 4.33. The molecule has 106 valence electrons. The van der Waals surface area contributed by atoms with Crippen LogP contribution in [0.15, 0.2) is 48.5 Å². The van der Waals surface area contributed by atoms with E-state index in [2.05, 4.69) is 42.6 Å². The summed E-state index contributed by atoms with van der Waals surface area (Å²) in [6.45, 7) is 2.80. The van der Waals surface area contributed by atoms with E-state index >= 15 is 0 Å². The van der Waals surface area contributed by atoms with E-state index in [-0.39, 0.29) is 6.04 Å². The van der Waals surface area contributed by atoms with Gasteiger partial charge in [-0.1, -0.05) is 42.8 Å². The van der Waals surface area contributed by atoms with Crippen LogP contribution >= 0.6 is 11.6 Å². The third-order valence-corrected chi connectivity index (χ3v) is 3.51. The van der Waals surface area contributed by atoms with E-state index in [0.29, 0.717) is 6.61 Å². The van der Waals surface area contributed by atoms with Crippen LogP contribution in [-0.2, 0) is 11.3 Å². The molecule has 2 aromatic rings. The third kappa shape index (κ3) is 3.99. The summed E-state index contributed by atoms with van der Waals surface area (Å²) in [6, 6.07) is 16.6. The first-order chi connectivity index (χ1) is 9.72. The number of benzene rings is 2. The Balaban J connectivity index is 2.13. The number of halogens is 1. The van der Waals surface area contributed by atoms with E-state index in [4.69, 9.17) is 16.3 Å². The van der Waals surface area contributed by atoms with Gasteiger partial charge < -0.3 is 10.1 Å². The minimum absolute atomic E-state index is 0.282. The van der Waals surface area contributed by atoms with Crippen molar-refractivity contribution in [2.75, 3.05) is 12.4 Å². The zero-order valence-electron chi connectivity index (χ0n) is 11.9. The van der Waals surface area contributed by atoms with E-state index in [1.807, 2.05) is 18.2 Å². The van der Waals surface area contributed by atoms with Crippen molar-refractivity contribution in [1.82, 2.24) is 0 Å². The fourth-order valence-corrected chi connectivity index (χ4v) is 2.36. The highest BCUT2D eigenvalue weighted by Gasteiger charge is 2.09. The molecule has 0 aromatic heterocycles. The van der Waals surface area contributed by atoms with Crippen LogP contribution in [0.3, 0.4) is 0 Å². The summed E-state index contributed by atoms with van der Waals surface area (Å²) in [6.07, 6.45) is 1.01. The molecule has 0 fully saturated rings. The smallest absolute Gasteiger partial charge is 0.0713 e. The molecule has 0 spiro atoms. The predicted molar refractivity (Wildman–Crippen MR) is 85.3 cm³/mol. The van der Waals surface area contributed by atoms with Crippen molar-refractivity contribution in [3.63, 3.8) is 0 Å².